The molecule has 0 amide bonds. The zero-order chi connectivity index (χ0) is 11.6. The Labute approximate surface area is 97.4 Å². The topological polar surface area (TPSA) is 46.2 Å². The molecule has 0 aliphatic heterocycles. The Hall–Kier alpha value is -0.610. The molecule has 0 fully saturated rings. The average molecular weight is 276 g/mol. The van der Waals surface area contributed by atoms with E-state index in [1.807, 2.05) is 0 Å². The van der Waals surface area contributed by atoms with Crippen LogP contribution in [-0.2, 0) is 0 Å². The molecule has 1 rings (SSSR count). The molecule has 0 saturated heterocycles. The van der Waals surface area contributed by atoms with Gasteiger partial charge in [0.1, 0.15) is 11.6 Å². The fraction of sp³-hybridized carbons (Fsp3) is 0.455. The first kappa shape index (κ1) is 12.5. The maximum atomic E-state index is 13.0. The highest BCUT2D eigenvalue weighted by atomic mass is 79.9. The van der Waals surface area contributed by atoms with Crippen LogP contribution in [0.25, 0.3) is 0 Å². The van der Waals surface area contributed by atoms with Gasteiger partial charge in [0.15, 0.2) is 0 Å². The summed E-state index contributed by atoms with van der Waals surface area (Å²) in [6.45, 7) is 4.10. The Bertz CT molecular complexity index is 355. The van der Waals surface area contributed by atoms with Crippen LogP contribution < -0.4 is 5.73 Å². The Morgan fingerprint density at radius 2 is 2.07 bits per heavy atom. The smallest absolute Gasteiger partial charge is 0.141 e. The Kier molecular flexibility index (Phi) is 4.11. The van der Waals surface area contributed by atoms with E-state index < -0.39 is 5.82 Å². The van der Waals surface area contributed by atoms with Crippen LogP contribution in [0.2, 0.25) is 0 Å². The summed E-state index contributed by atoms with van der Waals surface area (Å²) in [5, 5.41) is 9.69. The quantitative estimate of drug-likeness (QED) is 0.889. The number of nitrogens with two attached hydrogens (primary N) is 1. The van der Waals surface area contributed by atoms with E-state index in [4.69, 9.17) is 5.73 Å². The number of phenols is 1. The molecule has 0 unspecified atom stereocenters. The lowest BCUT2D eigenvalue weighted by atomic mass is 9.97. The van der Waals surface area contributed by atoms with Gasteiger partial charge in [0.25, 0.3) is 0 Å². The van der Waals surface area contributed by atoms with Crippen molar-refractivity contribution in [2.75, 3.05) is 0 Å². The molecule has 84 valence electrons. The van der Waals surface area contributed by atoms with E-state index in [0.29, 0.717) is 11.5 Å². The summed E-state index contributed by atoms with van der Waals surface area (Å²) < 4.78 is 13.1. The standard InChI is InChI=1S/C11H15BrFNO/c1-6(2)5-9(14)7-3-4-8(13)10(12)11(7)15/h3-4,6,9,15H,5,14H2,1-2H3/t9-/m1/s1. The molecule has 2 nitrogen and oxygen atoms in total. The summed E-state index contributed by atoms with van der Waals surface area (Å²) in [5.74, 6) is -0.139. The molecule has 0 saturated carbocycles. The van der Waals surface area contributed by atoms with Gasteiger partial charge in [0.05, 0.1) is 4.47 Å². The Balaban J connectivity index is 3.00. The van der Waals surface area contributed by atoms with E-state index >= 15 is 0 Å². The monoisotopic (exact) mass is 275 g/mol. The molecule has 0 aliphatic rings. The third-order valence-electron chi connectivity index (χ3n) is 2.23. The van der Waals surface area contributed by atoms with Gasteiger partial charge in [0, 0.05) is 11.6 Å². The third kappa shape index (κ3) is 2.92. The van der Waals surface area contributed by atoms with Crippen LogP contribution in [0.5, 0.6) is 5.75 Å². The van der Waals surface area contributed by atoms with Crippen molar-refractivity contribution in [2.45, 2.75) is 26.3 Å². The normalized spacial score (nSPS) is 13.2. The predicted octanol–water partition coefficient (Wildman–Crippen LogP) is 3.34. The van der Waals surface area contributed by atoms with Crippen molar-refractivity contribution < 1.29 is 9.50 Å². The molecule has 1 aromatic rings. The summed E-state index contributed by atoms with van der Waals surface area (Å²) in [6.07, 6.45) is 0.756. The first-order chi connectivity index (χ1) is 6.93. The van der Waals surface area contributed by atoms with Crippen LogP contribution in [0.1, 0.15) is 31.9 Å². The first-order valence-electron chi connectivity index (χ1n) is 4.86. The molecular weight excluding hydrogens is 261 g/mol. The van der Waals surface area contributed by atoms with Crippen molar-refractivity contribution in [1.29, 1.82) is 0 Å². The molecule has 0 heterocycles. The van der Waals surface area contributed by atoms with Crippen LogP contribution in [0.3, 0.4) is 0 Å². The van der Waals surface area contributed by atoms with Crippen molar-refractivity contribution in [3.8, 4) is 5.75 Å². The zero-order valence-electron chi connectivity index (χ0n) is 8.80. The van der Waals surface area contributed by atoms with E-state index in [9.17, 15) is 9.50 Å². The molecule has 0 radical (unpaired) electrons. The van der Waals surface area contributed by atoms with Crippen molar-refractivity contribution in [3.05, 3.63) is 28.0 Å². The van der Waals surface area contributed by atoms with Crippen molar-refractivity contribution in [3.63, 3.8) is 0 Å². The maximum Gasteiger partial charge on any atom is 0.141 e. The van der Waals surface area contributed by atoms with Crippen LogP contribution in [-0.4, -0.2) is 5.11 Å². The highest BCUT2D eigenvalue weighted by Crippen LogP contribution is 2.34. The average Bonchev–Trinajstić information content (AvgIpc) is 2.13. The molecule has 0 aromatic heterocycles. The fourth-order valence-electron chi connectivity index (χ4n) is 1.49. The highest BCUT2D eigenvalue weighted by molar-refractivity contribution is 9.10. The van der Waals surface area contributed by atoms with E-state index in [1.54, 1.807) is 0 Å². The molecule has 15 heavy (non-hydrogen) atoms. The molecule has 0 spiro atoms. The number of hydrogen-bond acceptors (Lipinski definition) is 2. The summed E-state index contributed by atoms with van der Waals surface area (Å²) in [6, 6.07) is 2.57. The minimum absolute atomic E-state index is 0.0826. The third-order valence-corrected chi connectivity index (χ3v) is 2.98. The minimum Gasteiger partial charge on any atom is -0.506 e. The van der Waals surface area contributed by atoms with Crippen LogP contribution in [0.15, 0.2) is 16.6 Å². The van der Waals surface area contributed by atoms with Crippen molar-refractivity contribution in [2.24, 2.45) is 11.7 Å². The number of hydrogen-bond donors (Lipinski definition) is 2. The minimum atomic E-state index is -0.479. The Morgan fingerprint density at radius 3 is 2.60 bits per heavy atom. The molecular formula is C11H15BrFNO. The number of aromatic hydroxyl groups is 1. The number of halogens is 2. The SMILES string of the molecule is CC(C)C[C@@H](N)c1ccc(F)c(Br)c1O. The van der Waals surface area contributed by atoms with Crippen LogP contribution in [0.4, 0.5) is 4.39 Å². The zero-order valence-corrected chi connectivity index (χ0v) is 10.4. The van der Waals surface area contributed by atoms with Crippen LogP contribution >= 0.6 is 15.9 Å². The molecule has 0 aliphatic carbocycles. The highest BCUT2D eigenvalue weighted by Gasteiger charge is 2.16. The summed E-state index contributed by atoms with van der Waals surface area (Å²) >= 11 is 2.98. The summed E-state index contributed by atoms with van der Waals surface area (Å²) in [5.41, 5.74) is 6.49. The fourth-order valence-corrected chi connectivity index (χ4v) is 1.85. The van der Waals surface area contributed by atoms with Crippen LogP contribution in [0, 0.1) is 11.7 Å². The lowest BCUT2D eigenvalue weighted by molar-refractivity contribution is 0.436. The maximum absolute atomic E-state index is 13.0. The Morgan fingerprint density at radius 1 is 1.47 bits per heavy atom. The summed E-state index contributed by atoms with van der Waals surface area (Å²) in [4.78, 5) is 0. The van der Waals surface area contributed by atoms with Gasteiger partial charge in [-0.1, -0.05) is 19.9 Å². The van der Waals surface area contributed by atoms with E-state index in [2.05, 4.69) is 29.8 Å². The van der Waals surface area contributed by atoms with E-state index in [1.165, 1.54) is 12.1 Å². The lowest BCUT2D eigenvalue weighted by Gasteiger charge is -2.16. The molecule has 1 atom stereocenters. The molecule has 1 aromatic carbocycles. The van der Waals surface area contributed by atoms with Gasteiger partial charge in [-0.25, -0.2) is 4.39 Å². The van der Waals surface area contributed by atoms with Gasteiger partial charge in [-0.2, -0.15) is 0 Å². The first-order valence-corrected chi connectivity index (χ1v) is 5.65. The van der Waals surface area contributed by atoms with Gasteiger partial charge in [-0.3, -0.25) is 0 Å². The number of benzene rings is 1. The molecule has 3 N–H and O–H groups in total. The second kappa shape index (κ2) is 4.94. The number of phenolic OH excluding ortho intramolecular Hbond substituents is 1. The van der Waals surface area contributed by atoms with Gasteiger partial charge in [-0.05, 0) is 34.3 Å². The van der Waals surface area contributed by atoms with E-state index in [-0.39, 0.29) is 16.3 Å². The predicted molar refractivity (Wildman–Crippen MR) is 62.1 cm³/mol. The lowest BCUT2D eigenvalue weighted by Crippen LogP contribution is -2.13. The van der Waals surface area contributed by atoms with Gasteiger partial charge in [0.2, 0.25) is 0 Å². The van der Waals surface area contributed by atoms with E-state index in [0.717, 1.165) is 6.42 Å². The summed E-state index contributed by atoms with van der Waals surface area (Å²) in [7, 11) is 0. The second-order valence-electron chi connectivity index (χ2n) is 4.04. The largest absolute Gasteiger partial charge is 0.506 e. The second-order valence-corrected chi connectivity index (χ2v) is 4.83. The van der Waals surface area contributed by atoms with Gasteiger partial charge >= 0.3 is 0 Å². The van der Waals surface area contributed by atoms with Gasteiger partial charge in [-0.15, -0.1) is 0 Å². The molecule has 0 bridgehead atoms. The number of rotatable bonds is 3. The van der Waals surface area contributed by atoms with Crippen molar-refractivity contribution in [1.82, 2.24) is 0 Å². The molecule has 4 heteroatoms. The van der Waals surface area contributed by atoms with Crippen molar-refractivity contribution >= 4 is 15.9 Å². The van der Waals surface area contributed by atoms with Gasteiger partial charge < -0.3 is 10.8 Å².